The monoisotopic (exact) mass is 456 g/mol. The van der Waals surface area contributed by atoms with E-state index < -0.39 is 6.04 Å². The van der Waals surface area contributed by atoms with Gasteiger partial charge in [0.25, 0.3) is 11.8 Å². The van der Waals surface area contributed by atoms with E-state index in [2.05, 4.69) is 16.9 Å². The molecule has 3 aromatic rings. The van der Waals surface area contributed by atoms with E-state index in [0.717, 1.165) is 34.5 Å². The van der Waals surface area contributed by atoms with Gasteiger partial charge in [0, 0.05) is 49.1 Å². The zero-order valence-electron chi connectivity index (χ0n) is 20.5. The van der Waals surface area contributed by atoms with E-state index in [0.29, 0.717) is 11.3 Å². The van der Waals surface area contributed by atoms with E-state index >= 15 is 0 Å². The molecule has 1 unspecified atom stereocenters. The summed E-state index contributed by atoms with van der Waals surface area (Å²) in [5.41, 5.74) is 6.01. The van der Waals surface area contributed by atoms with Crippen LogP contribution in [0.4, 0.5) is 17.1 Å². The molecule has 6 nitrogen and oxygen atoms in total. The second-order valence-electron chi connectivity index (χ2n) is 8.42. The Hall–Kier alpha value is -3.93. The van der Waals surface area contributed by atoms with Crippen LogP contribution in [0.2, 0.25) is 0 Å². The molecule has 0 aliphatic heterocycles. The lowest BCUT2D eigenvalue weighted by atomic mass is 10.0. The molecule has 0 aliphatic carbocycles. The summed E-state index contributed by atoms with van der Waals surface area (Å²) >= 11 is 0. The number of rotatable bonds is 8. The highest BCUT2D eigenvalue weighted by molar-refractivity contribution is 6.09. The van der Waals surface area contributed by atoms with Gasteiger partial charge in [-0.05, 0) is 67.3 Å². The minimum atomic E-state index is -0.937. The Morgan fingerprint density at radius 2 is 1.85 bits per heavy atom. The van der Waals surface area contributed by atoms with E-state index in [4.69, 9.17) is 0 Å². The van der Waals surface area contributed by atoms with Crippen LogP contribution in [0.3, 0.4) is 0 Å². The zero-order chi connectivity index (χ0) is 24.8. The lowest BCUT2D eigenvalue weighted by Gasteiger charge is -2.31. The Kier molecular flexibility index (Phi) is 7.84. The molecule has 3 rings (SSSR count). The first-order chi connectivity index (χ1) is 16.3. The van der Waals surface area contributed by atoms with Gasteiger partial charge in [0.2, 0.25) is 0 Å². The highest BCUT2D eigenvalue weighted by Gasteiger charge is 2.33. The summed E-state index contributed by atoms with van der Waals surface area (Å²) in [6, 6.07) is 14.3. The Morgan fingerprint density at radius 3 is 2.44 bits per heavy atom. The van der Waals surface area contributed by atoms with Crippen LogP contribution in [0.1, 0.15) is 35.2 Å². The molecule has 0 radical (unpaired) electrons. The number of aryl methyl sites for hydroxylation is 3. The van der Waals surface area contributed by atoms with Gasteiger partial charge in [0.05, 0.1) is 0 Å². The van der Waals surface area contributed by atoms with Gasteiger partial charge in [0.15, 0.2) is 0 Å². The van der Waals surface area contributed by atoms with Gasteiger partial charge in [0.1, 0.15) is 6.04 Å². The molecule has 34 heavy (non-hydrogen) atoms. The number of nitrogens with zero attached hydrogens (tertiary/aromatic N) is 3. The fourth-order valence-electron chi connectivity index (χ4n) is 4.14. The first-order valence-corrected chi connectivity index (χ1v) is 11.3. The number of hydrogen-bond donors (Lipinski definition) is 1. The molecule has 0 spiro atoms. The van der Waals surface area contributed by atoms with Crippen molar-refractivity contribution in [2.75, 3.05) is 29.2 Å². The molecule has 1 atom stereocenters. The van der Waals surface area contributed by atoms with Crippen LogP contribution in [0.15, 0.2) is 73.6 Å². The third-order valence-corrected chi connectivity index (χ3v) is 5.85. The highest BCUT2D eigenvalue weighted by Crippen LogP contribution is 2.33. The highest BCUT2D eigenvalue weighted by atomic mass is 16.2. The number of anilines is 3. The number of carbonyl (C=O) groups excluding carboxylic acids is 2. The first kappa shape index (κ1) is 24.7. The van der Waals surface area contributed by atoms with Crippen LogP contribution in [0, 0.1) is 13.8 Å². The maximum atomic E-state index is 13.9. The van der Waals surface area contributed by atoms with Crippen molar-refractivity contribution >= 4 is 28.9 Å². The first-order valence-electron chi connectivity index (χ1n) is 11.3. The van der Waals surface area contributed by atoms with Gasteiger partial charge in [-0.3, -0.25) is 19.5 Å². The number of amides is 2. The third kappa shape index (κ3) is 5.17. The Morgan fingerprint density at radius 1 is 1.09 bits per heavy atom. The van der Waals surface area contributed by atoms with Crippen LogP contribution >= 0.6 is 0 Å². The largest absolute Gasteiger partial charge is 0.377 e. The molecule has 1 N–H and O–H groups in total. The normalized spacial score (nSPS) is 11.4. The molecule has 6 heteroatoms. The molecular formula is C28H32N4O2. The summed E-state index contributed by atoms with van der Waals surface area (Å²) < 4.78 is 0. The predicted molar refractivity (Wildman–Crippen MR) is 139 cm³/mol. The summed E-state index contributed by atoms with van der Waals surface area (Å²) in [5, 5.41) is 3.10. The number of aromatic nitrogens is 1. The van der Waals surface area contributed by atoms with Crippen LogP contribution in [-0.2, 0) is 16.0 Å². The van der Waals surface area contributed by atoms with E-state index in [1.54, 1.807) is 24.5 Å². The molecular weight excluding hydrogens is 424 g/mol. The molecule has 0 aliphatic rings. The van der Waals surface area contributed by atoms with E-state index in [1.165, 1.54) is 11.0 Å². The Balaban J connectivity index is 2.14. The number of nitrogens with one attached hydrogen (secondary N) is 1. The van der Waals surface area contributed by atoms with Crippen molar-refractivity contribution in [3.05, 3.63) is 95.8 Å². The summed E-state index contributed by atoms with van der Waals surface area (Å²) in [7, 11) is 3.93. The summed E-state index contributed by atoms with van der Waals surface area (Å²) in [5.74, 6) is -0.692. The number of benzene rings is 2. The van der Waals surface area contributed by atoms with Gasteiger partial charge >= 0.3 is 0 Å². The van der Waals surface area contributed by atoms with Crippen LogP contribution < -0.4 is 15.1 Å². The minimum Gasteiger partial charge on any atom is -0.377 e. The average molecular weight is 457 g/mol. The molecule has 1 aromatic heterocycles. The second-order valence-corrected chi connectivity index (χ2v) is 8.42. The Labute approximate surface area is 201 Å². The van der Waals surface area contributed by atoms with E-state index in [1.807, 2.05) is 76.2 Å². The predicted octanol–water partition coefficient (Wildman–Crippen LogP) is 5.23. The topological polar surface area (TPSA) is 65.5 Å². The summed E-state index contributed by atoms with van der Waals surface area (Å²) in [6.07, 6.45) is 5.27. The maximum Gasteiger partial charge on any atom is 0.252 e. The fraction of sp³-hybridized carbons (Fsp3) is 0.250. The van der Waals surface area contributed by atoms with Gasteiger partial charge in [-0.15, -0.1) is 0 Å². The van der Waals surface area contributed by atoms with Crippen molar-refractivity contribution in [3.8, 4) is 0 Å². The third-order valence-electron chi connectivity index (χ3n) is 5.85. The van der Waals surface area contributed by atoms with Crippen molar-refractivity contribution in [2.45, 2.75) is 33.2 Å². The van der Waals surface area contributed by atoms with Gasteiger partial charge < -0.3 is 10.2 Å². The van der Waals surface area contributed by atoms with E-state index in [9.17, 15) is 9.59 Å². The lowest BCUT2D eigenvalue weighted by Crippen LogP contribution is -2.41. The summed E-state index contributed by atoms with van der Waals surface area (Å²) in [4.78, 5) is 34.8. The summed E-state index contributed by atoms with van der Waals surface area (Å²) in [6.45, 7) is 9.68. The number of para-hydroxylation sites is 1. The van der Waals surface area contributed by atoms with Crippen molar-refractivity contribution in [3.63, 3.8) is 0 Å². The van der Waals surface area contributed by atoms with Crippen LogP contribution in [0.5, 0.6) is 0 Å². The number of pyridine rings is 1. The quantitative estimate of drug-likeness (QED) is 0.472. The van der Waals surface area contributed by atoms with Crippen LogP contribution in [0.25, 0.3) is 0 Å². The smallest absolute Gasteiger partial charge is 0.252 e. The minimum absolute atomic E-state index is 0.318. The van der Waals surface area contributed by atoms with Crippen LogP contribution in [-0.4, -0.2) is 30.9 Å². The molecule has 2 aromatic carbocycles. The van der Waals surface area contributed by atoms with Crippen molar-refractivity contribution in [2.24, 2.45) is 0 Å². The van der Waals surface area contributed by atoms with E-state index in [-0.39, 0.29) is 11.8 Å². The van der Waals surface area contributed by atoms with Crippen molar-refractivity contribution in [1.82, 2.24) is 4.98 Å². The lowest BCUT2D eigenvalue weighted by molar-refractivity contribution is -0.121. The molecule has 0 fully saturated rings. The molecule has 2 amide bonds. The molecule has 1 heterocycles. The zero-order valence-corrected chi connectivity index (χ0v) is 20.5. The number of carbonyl (C=O) groups is 2. The van der Waals surface area contributed by atoms with Crippen molar-refractivity contribution < 1.29 is 9.59 Å². The fourth-order valence-corrected chi connectivity index (χ4v) is 4.14. The molecule has 0 bridgehead atoms. The van der Waals surface area contributed by atoms with Crippen molar-refractivity contribution in [1.29, 1.82) is 0 Å². The second kappa shape index (κ2) is 10.8. The standard InChI is InChI=1S/C28H32N4O2/c1-7-21-12-9-11-19(3)26(21)30-28(34)27(22-13-10-16-29-18-22)32(25(33)8-2)23-14-15-24(31(5)6)20(4)17-23/h8-18,27H,2,7H2,1,3-6H3,(H,30,34). The number of hydrogen-bond acceptors (Lipinski definition) is 4. The van der Waals surface area contributed by atoms with Gasteiger partial charge in [-0.1, -0.05) is 37.8 Å². The average Bonchev–Trinajstić information content (AvgIpc) is 2.83. The Bertz CT molecular complexity index is 1190. The SMILES string of the molecule is C=CC(=O)N(c1ccc(N(C)C)c(C)c1)C(C(=O)Nc1c(C)cccc1CC)c1cccnc1. The molecule has 0 saturated heterocycles. The van der Waals surface area contributed by atoms with Gasteiger partial charge in [-0.25, -0.2) is 0 Å². The van der Waals surface area contributed by atoms with Gasteiger partial charge in [-0.2, -0.15) is 0 Å². The molecule has 0 saturated carbocycles. The maximum absolute atomic E-state index is 13.9. The molecule has 176 valence electrons.